The van der Waals surface area contributed by atoms with Crippen molar-refractivity contribution in [2.75, 3.05) is 32.7 Å². The molecule has 4 N–H and O–H groups in total. The maximum Gasteiger partial charge on any atom is 0.328 e. The van der Waals surface area contributed by atoms with Crippen LogP contribution in [0.4, 0.5) is 0 Å². The molecule has 0 aromatic rings. The molecule has 1 amide bonds. The van der Waals surface area contributed by atoms with Crippen LogP contribution in [-0.2, 0) is 9.59 Å². The summed E-state index contributed by atoms with van der Waals surface area (Å²) in [6, 6.07) is 0. The summed E-state index contributed by atoms with van der Waals surface area (Å²) in [6.45, 7) is 6.25. The zero-order valence-electron chi connectivity index (χ0n) is 15.1. The van der Waals surface area contributed by atoms with E-state index < -0.39 is 5.97 Å². The lowest BCUT2D eigenvalue weighted by Gasteiger charge is -2.07. The number of aliphatic carboxylic acids is 1. The first kappa shape index (κ1) is 22.6. The Hall–Kier alpha value is -1.40. The Bertz CT molecular complexity index is 346. The third-order valence-electron chi connectivity index (χ3n) is 3.66. The molecule has 0 aromatic heterocycles. The van der Waals surface area contributed by atoms with E-state index in [0.29, 0.717) is 13.1 Å². The highest BCUT2D eigenvalue weighted by atomic mass is 16.4. The first-order chi connectivity index (χ1) is 11.7. The molecule has 0 saturated carbocycles. The Labute approximate surface area is 146 Å². The first-order valence-corrected chi connectivity index (χ1v) is 9.27. The third-order valence-corrected chi connectivity index (χ3v) is 3.66. The SMILES string of the molecule is CCCCCCCCCCNCCNCCNC(=O)/C=C/C(=O)O. The van der Waals surface area contributed by atoms with E-state index in [9.17, 15) is 9.59 Å². The van der Waals surface area contributed by atoms with Crippen molar-refractivity contribution >= 4 is 11.9 Å². The van der Waals surface area contributed by atoms with E-state index in [1.807, 2.05) is 0 Å². The van der Waals surface area contributed by atoms with E-state index in [1.165, 1.54) is 51.4 Å². The summed E-state index contributed by atoms with van der Waals surface area (Å²) < 4.78 is 0. The summed E-state index contributed by atoms with van der Waals surface area (Å²) in [5, 5.41) is 17.6. The van der Waals surface area contributed by atoms with Crippen molar-refractivity contribution in [3.8, 4) is 0 Å². The quantitative estimate of drug-likeness (QED) is 0.240. The molecule has 0 bridgehead atoms. The Morgan fingerprint density at radius 2 is 1.29 bits per heavy atom. The number of carbonyl (C=O) groups is 2. The summed E-state index contributed by atoms with van der Waals surface area (Å²) in [4.78, 5) is 21.4. The molecule has 0 rings (SSSR count). The normalized spacial score (nSPS) is 11.0. The lowest BCUT2D eigenvalue weighted by atomic mass is 10.1. The van der Waals surface area contributed by atoms with Crippen LogP contribution in [0.25, 0.3) is 0 Å². The Kier molecular flexibility index (Phi) is 16.9. The second-order valence-corrected chi connectivity index (χ2v) is 5.94. The van der Waals surface area contributed by atoms with Crippen LogP contribution < -0.4 is 16.0 Å². The van der Waals surface area contributed by atoms with Crippen molar-refractivity contribution in [3.05, 3.63) is 12.2 Å². The summed E-state index contributed by atoms with van der Waals surface area (Å²) >= 11 is 0. The highest BCUT2D eigenvalue weighted by molar-refractivity contribution is 5.93. The van der Waals surface area contributed by atoms with E-state index in [1.54, 1.807) is 0 Å². The van der Waals surface area contributed by atoms with Crippen LogP contribution in [0.2, 0.25) is 0 Å². The van der Waals surface area contributed by atoms with Crippen LogP contribution in [-0.4, -0.2) is 49.7 Å². The molecule has 0 fully saturated rings. The van der Waals surface area contributed by atoms with Crippen LogP contribution in [0.1, 0.15) is 58.3 Å². The summed E-state index contributed by atoms with van der Waals surface area (Å²) in [5.74, 6) is -1.50. The second-order valence-electron chi connectivity index (χ2n) is 5.94. The van der Waals surface area contributed by atoms with Crippen molar-refractivity contribution in [1.82, 2.24) is 16.0 Å². The molecule has 6 nitrogen and oxygen atoms in total. The minimum Gasteiger partial charge on any atom is -0.478 e. The van der Waals surface area contributed by atoms with Gasteiger partial charge in [-0.3, -0.25) is 4.79 Å². The van der Waals surface area contributed by atoms with Crippen molar-refractivity contribution in [2.24, 2.45) is 0 Å². The number of carboxylic acid groups (broad SMARTS) is 1. The number of amides is 1. The Balaban J connectivity index is 3.15. The zero-order chi connectivity index (χ0) is 17.9. The van der Waals surface area contributed by atoms with E-state index >= 15 is 0 Å². The summed E-state index contributed by atoms with van der Waals surface area (Å²) in [6.07, 6.45) is 12.6. The van der Waals surface area contributed by atoms with Crippen molar-refractivity contribution < 1.29 is 14.7 Å². The van der Waals surface area contributed by atoms with Gasteiger partial charge < -0.3 is 21.1 Å². The van der Waals surface area contributed by atoms with E-state index in [0.717, 1.165) is 31.8 Å². The van der Waals surface area contributed by atoms with Crippen molar-refractivity contribution in [1.29, 1.82) is 0 Å². The lowest BCUT2D eigenvalue weighted by molar-refractivity contribution is -0.131. The minimum atomic E-state index is -1.12. The van der Waals surface area contributed by atoms with Crippen LogP contribution in [0.5, 0.6) is 0 Å². The van der Waals surface area contributed by atoms with E-state index in [-0.39, 0.29) is 5.91 Å². The monoisotopic (exact) mass is 341 g/mol. The largest absolute Gasteiger partial charge is 0.478 e. The number of unbranched alkanes of at least 4 members (excludes halogenated alkanes) is 7. The molecule has 6 heteroatoms. The van der Waals surface area contributed by atoms with Gasteiger partial charge in [0.2, 0.25) is 5.91 Å². The predicted octanol–water partition coefficient (Wildman–Crippen LogP) is 2.06. The highest BCUT2D eigenvalue weighted by Crippen LogP contribution is 2.07. The number of carbonyl (C=O) groups excluding carboxylic acids is 1. The molecule has 0 aliphatic carbocycles. The maximum atomic E-state index is 11.2. The molecule has 0 atom stereocenters. The summed E-state index contributed by atoms with van der Waals surface area (Å²) in [7, 11) is 0. The molecule has 0 radical (unpaired) electrons. The zero-order valence-corrected chi connectivity index (χ0v) is 15.1. The molecule has 0 unspecified atom stereocenters. The summed E-state index contributed by atoms with van der Waals surface area (Å²) in [5.41, 5.74) is 0. The minimum absolute atomic E-state index is 0.382. The Morgan fingerprint density at radius 3 is 1.92 bits per heavy atom. The standard InChI is InChI=1S/C18H35N3O3/c1-2-3-4-5-6-7-8-9-12-19-13-14-20-15-16-21-17(22)10-11-18(23)24/h10-11,19-20H,2-9,12-16H2,1H3,(H,21,22)(H,23,24)/b11-10+. The van der Waals surface area contributed by atoms with Gasteiger partial charge in [0.05, 0.1) is 0 Å². The number of hydrogen-bond acceptors (Lipinski definition) is 4. The fraction of sp³-hybridized carbons (Fsp3) is 0.778. The van der Waals surface area contributed by atoms with Gasteiger partial charge in [0.15, 0.2) is 0 Å². The molecule has 0 heterocycles. The average molecular weight is 341 g/mol. The van der Waals surface area contributed by atoms with Gasteiger partial charge in [0.1, 0.15) is 0 Å². The van der Waals surface area contributed by atoms with Crippen LogP contribution in [0.15, 0.2) is 12.2 Å². The topological polar surface area (TPSA) is 90.5 Å². The third kappa shape index (κ3) is 18.6. The molecule has 24 heavy (non-hydrogen) atoms. The number of rotatable bonds is 17. The highest BCUT2D eigenvalue weighted by Gasteiger charge is 1.96. The lowest BCUT2D eigenvalue weighted by Crippen LogP contribution is -2.34. The molecular formula is C18H35N3O3. The van der Waals surface area contributed by atoms with Crippen LogP contribution in [0.3, 0.4) is 0 Å². The fourth-order valence-corrected chi connectivity index (χ4v) is 2.29. The average Bonchev–Trinajstić information content (AvgIpc) is 2.56. The van der Waals surface area contributed by atoms with Gasteiger partial charge in [-0.15, -0.1) is 0 Å². The van der Waals surface area contributed by atoms with Gasteiger partial charge in [-0.25, -0.2) is 4.79 Å². The van der Waals surface area contributed by atoms with Gasteiger partial charge in [-0.05, 0) is 13.0 Å². The molecule has 0 aliphatic heterocycles. The van der Waals surface area contributed by atoms with Crippen molar-refractivity contribution in [3.63, 3.8) is 0 Å². The van der Waals surface area contributed by atoms with Crippen LogP contribution in [0, 0.1) is 0 Å². The van der Waals surface area contributed by atoms with E-state index in [4.69, 9.17) is 5.11 Å². The van der Waals surface area contributed by atoms with Gasteiger partial charge in [-0.2, -0.15) is 0 Å². The molecule has 140 valence electrons. The smallest absolute Gasteiger partial charge is 0.328 e. The van der Waals surface area contributed by atoms with Crippen LogP contribution >= 0.6 is 0 Å². The number of carboxylic acids is 1. The molecule has 0 saturated heterocycles. The Morgan fingerprint density at radius 1 is 0.750 bits per heavy atom. The maximum absolute atomic E-state index is 11.2. The predicted molar refractivity (Wildman–Crippen MR) is 98.1 cm³/mol. The molecule has 0 spiro atoms. The number of nitrogens with one attached hydrogen (secondary N) is 3. The van der Waals surface area contributed by atoms with E-state index in [2.05, 4.69) is 22.9 Å². The van der Waals surface area contributed by atoms with Gasteiger partial charge >= 0.3 is 5.97 Å². The molecule has 0 aromatic carbocycles. The molecular weight excluding hydrogens is 306 g/mol. The van der Waals surface area contributed by atoms with Gasteiger partial charge in [-0.1, -0.05) is 51.9 Å². The van der Waals surface area contributed by atoms with Gasteiger partial charge in [0.25, 0.3) is 0 Å². The fourth-order valence-electron chi connectivity index (χ4n) is 2.29. The number of hydrogen-bond donors (Lipinski definition) is 4. The second kappa shape index (κ2) is 17.9. The van der Waals surface area contributed by atoms with Gasteiger partial charge in [0, 0.05) is 38.3 Å². The molecule has 0 aliphatic rings. The first-order valence-electron chi connectivity index (χ1n) is 9.27. The van der Waals surface area contributed by atoms with Crippen molar-refractivity contribution in [2.45, 2.75) is 58.3 Å².